The Bertz CT molecular complexity index is 1610. The molecule has 6 rings (SSSR count). The van der Waals surface area contributed by atoms with Gasteiger partial charge in [-0.25, -0.2) is 9.48 Å². The molecule has 2 aromatic carbocycles. The molecule has 2 bridgehead atoms. The number of aromatic nitrogens is 3. The molecule has 0 spiro atoms. The zero-order valence-electron chi connectivity index (χ0n) is 26.1. The fraction of sp³-hybridized carbons (Fsp3) is 0.389. The number of piperidine rings is 1. The van der Waals surface area contributed by atoms with Crippen molar-refractivity contribution in [2.24, 2.45) is 5.92 Å². The molecule has 2 atom stereocenters. The molecule has 0 aliphatic carbocycles. The van der Waals surface area contributed by atoms with E-state index >= 15 is 0 Å². The van der Waals surface area contributed by atoms with E-state index in [-0.39, 0.29) is 17.2 Å². The van der Waals surface area contributed by atoms with Crippen LogP contribution in [0.4, 0.5) is 16.3 Å². The Morgan fingerprint density at radius 1 is 0.909 bits per heavy atom. The van der Waals surface area contributed by atoms with Gasteiger partial charge in [0.2, 0.25) is 0 Å². The Labute approximate surface area is 259 Å². The number of aryl methyl sites for hydroxylation is 1. The van der Waals surface area contributed by atoms with Gasteiger partial charge in [-0.3, -0.25) is 20.0 Å². The second kappa shape index (κ2) is 12.4. The van der Waals surface area contributed by atoms with Crippen LogP contribution in [0.15, 0.2) is 79.1 Å². The number of carbonyl (C=O) groups excluding carboxylic acids is 2. The van der Waals surface area contributed by atoms with E-state index in [1.807, 2.05) is 42.5 Å². The minimum absolute atomic E-state index is 0.165. The fourth-order valence-electron chi connectivity index (χ4n) is 6.71. The minimum atomic E-state index is -0.305. The van der Waals surface area contributed by atoms with Crippen molar-refractivity contribution in [3.63, 3.8) is 0 Å². The third-order valence-electron chi connectivity index (χ3n) is 9.02. The number of rotatable bonds is 8. The van der Waals surface area contributed by atoms with E-state index in [0.29, 0.717) is 30.4 Å². The number of benzene rings is 2. The number of anilines is 2. The number of hydrogen-bond donors (Lipinski definition) is 2. The molecule has 4 aromatic rings. The number of amides is 2. The smallest absolute Gasteiger partial charge is 0.308 e. The molecule has 2 aromatic heterocycles. The summed E-state index contributed by atoms with van der Waals surface area (Å²) in [6, 6.07) is 22.4. The van der Waals surface area contributed by atoms with Crippen LogP contribution in [0, 0.1) is 12.8 Å². The van der Waals surface area contributed by atoms with E-state index < -0.39 is 0 Å². The maximum absolute atomic E-state index is 13.2. The predicted molar refractivity (Wildman–Crippen MR) is 175 cm³/mol. The number of nitrogens with zero attached hydrogens (tertiary/aromatic N) is 4. The van der Waals surface area contributed by atoms with Gasteiger partial charge >= 0.3 is 6.03 Å². The topological polar surface area (TPSA) is 92.2 Å². The van der Waals surface area contributed by atoms with Crippen LogP contribution in [-0.4, -0.2) is 50.1 Å². The van der Waals surface area contributed by atoms with Crippen LogP contribution in [0.3, 0.4) is 0 Å². The molecule has 8 nitrogen and oxygen atoms in total. The predicted octanol–water partition coefficient (Wildman–Crippen LogP) is 7.19. The van der Waals surface area contributed by atoms with Crippen LogP contribution in [0.5, 0.6) is 0 Å². The number of ketones is 1. The minimum Gasteiger partial charge on any atom is -0.308 e. The summed E-state index contributed by atoms with van der Waals surface area (Å²) >= 11 is 0. The monoisotopic (exact) mass is 590 g/mol. The van der Waals surface area contributed by atoms with Gasteiger partial charge in [0, 0.05) is 47.2 Å². The lowest BCUT2D eigenvalue weighted by atomic mass is 9.85. The highest BCUT2D eigenvalue weighted by Crippen LogP contribution is 2.40. The SMILES string of the molecule is Cc1ccc(-n2nc(C(C)(C)C)cc2NC(=O)Nc2cccc(CC3CC4CCC(C3)N4CC(=O)c3ccncc3)c2)cc1. The molecule has 8 heteroatoms. The molecule has 2 aliphatic rings. The number of fused-ring (bicyclic) bond motifs is 2. The fourth-order valence-corrected chi connectivity index (χ4v) is 6.71. The first-order valence-corrected chi connectivity index (χ1v) is 15.7. The highest BCUT2D eigenvalue weighted by molar-refractivity contribution is 5.99. The zero-order valence-corrected chi connectivity index (χ0v) is 26.1. The molecule has 4 heterocycles. The van der Waals surface area contributed by atoms with Crippen molar-refractivity contribution in [2.75, 3.05) is 17.2 Å². The molecule has 0 saturated carbocycles. The van der Waals surface area contributed by atoms with Crippen molar-refractivity contribution < 1.29 is 9.59 Å². The quantitative estimate of drug-likeness (QED) is 0.212. The lowest BCUT2D eigenvalue weighted by Gasteiger charge is -2.38. The van der Waals surface area contributed by atoms with Gasteiger partial charge in [-0.15, -0.1) is 0 Å². The molecule has 0 radical (unpaired) electrons. The summed E-state index contributed by atoms with van der Waals surface area (Å²) < 4.78 is 1.79. The summed E-state index contributed by atoms with van der Waals surface area (Å²) in [5, 5.41) is 10.9. The summed E-state index contributed by atoms with van der Waals surface area (Å²) in [5.41, 5.74) is 5.51. The summed E-state index contributed by atoms with van der Waals surface area (Å²) in [5.74, 6) is 1.36. The first-order valence-electron chi connectivity index (χ1n) is 15.7. The van der Waals surface area contributed by atoms with Crippen molar-refractivity contribution in [1.82, 2.24) is 19.7 Å². The summed E-state index contributed by atoms with van der Waals surface area (Å²) in [7, 11) is 0. The average molecular weight is 591 g/mol. The lowest BCUT2D eigenvalue weighted by molar-refractivity contribution is 0.0744. The average Bonchev–Trinajstić information content (AvgIpc) is 3.51. The van der Waals surface area contributed by atoms with Gasteiger partial charge in [0.1, 0.15) is 5.82 Å². The normalized spacial score (nSPS) is 20.0. The number of pyridine rings is 1. The van der Waals surface area contributed by atoms with E-state index in [1.165, 1.54) is 11.1 Å². The molecule has 2 amide bonds. The van der Waals surface area contributed by atoms with Crippen LogP contribution in [0.1, 0.15) is 73.6 Å². The molecule has 2 N–H and O–H groups in total. The third kappa shape index (κ3) is 6.76. The number of urea groups is 1. The highest BCUT2D eigenvalue weighted by Gasteiger charge is 2.41. The Morgan fingerprint density at radius 3 is 2.30 bits per heavy atom. The zero-order chi connectivity index (χ0) is 30.8. The van der Waals surface area contributed by atoms with Crippen molar-refractivity contribution >= 4 is 23.3 Å². The maximum atomic E-state index is 13.2. The Balaban J connectivity index is 1.08. The molecule has 2 aliphatic heterocycles. The third-order valence-corrected chi connectivity index (χ3v) is 9.02. The number of nitrogens with one attached hydrogen (secondary N) is 2. The van der Waals surface area contributed by atoms with Gasteiger partial charge in [0.25, 0.3) is 0 Å². The van der Waals surface area contributed by atoms with Crippen LogP contribution >= 0.6 is 0 Å². The standard InChI is InChI=1S/C36H42N6O2/c1-24-8-10-29(11-9-24)42-34(22-33(40-42)36(2,3)4)39-35(44)38-28-7-5-6-25(19-28)18-26-20-30-12-13-31(21-26)41(30)23-32(43)27-14-16-37-17-15-27/h5-11,14-17,19,22,26,30-31H,12-13,18,20-21,23H2,1-4H3,(H2,38,39,44). The van der Waals surface area contributed by atoms with Gasteiger partial charge < -0.3 is 5.32 Å². The summed E-state index contributed by atoms with van der Waals surface area (Å²) in [4.78, 5) is 32.6. The van der Waals surface area contributed by atoms with Gasteiger partial charge in [0.15, 0.2) is 5.78 Å². The van der Waals surface area contributed by atoms with Gasteiger partial charge in [-0.05, 0) is 86.9 Å². The van der Waals surface area contributed by atoms with Gasteiger partial charge in [-0.2, -0.15) is 5.10 Å². The second-order valence-corrected chi connectivity index (χ2v) is 13.4. The van der Waals surface area contributed by atoms with E-state index in [1.54, 1.807) is 29.2 Å². The van der Waals surface area contributed by atoms with Gasteiger partial charge in [0.05, 0.1) is 17.9 Å². The highest BCUT2D eigenvalue weighted by atomic mass is 16.2. The molecular formula is C36H42N6O2. The lowest BCUT2D eigenvalue weighted by Crippen LogP contribution is -2.45. The first kappa shape index (κ1) is 29.8. The van der Waals surface area contributed by atoms with Crippen molar-refractivity contribution in [1.29, 1.82) is 0 Å². The molecular weight excluding hydrogens is 548 g/mol. The largest absolute Gasteiger partial charge is 0.324 e. The summed E-state index contributed by atoms with van der Waals surface area (Å²) in [6.45, 7) is 8.88. The molecule has 44 heavy (non-hydrogen) atoms. The Kier molecular flexibility index (Phi) is 8.36. The Hall–Kier alpha value is -4.30. The molecule has 2 saturated heterocycles. The van der Waals surface area contributed by atoms with E-state index in [0.717, 1.165) is 54.7 Å². The van der Waals surface area contributed by atoms with Crippen LogP contribution in [0.25, 0.3) is 5.69 Å². The summed E-state index contributed by atoms with van der Waals surface area (Å²) in [6.07, 6.45) is 8.83. The van der Waals surface area contributed by atoms with Crippen LogP contribution in [-0.2, 0) is 11.8 Å². The number of carbonyl (C=O) groups is 2. The Morgan fingerprint density at radius 2 is 1.61 bits per heavy atom. The van der Waals surface area contributed by atoms with E-state index in [2.05, 4.69) is 60.3 Å². The van der Waals surface area contributed by atoms with Gasteiger partial charge in [-0.1, -0.05) is 50.6 Å². The van der Waals surface area contributed by atoms with E-state index in [4.69, 9.17) is 5.10 Å². The maximum Gasteiger partial charge on any atom is 0.324 e. The molecule has 2 fully saturated rings. The second-order valence-electron chi connectivity index (χ2n) is 13.4. The van der Waals surface area contributed by atoms with Crippen molar-refractivity contribution in [2.45, 2.75) is 77.3 Å². The van der Waals surface area contributed by atoms with Crippen molar-refractivity contribution in [3.05, 3.63) is 102 Å². The van der Waals surface area contributed by atoms with E-state index in [9.17, 15) is 9.59 Å². The van der Waals surface area contributed by atoms with Crippen LogP contribution in [0.2, 0.25) is 0 Å². The van der Waals surface area contributed by atoms with Crippen LogP contribution < -0.4 is 10.6 Å². The number of Topliss-reactive ketones (excluding diaryl/α,β-unsaturated/α-hetero) is 1. The molecule has 2 unspecified atom stereocenters. The first-order chi connectivity index (χ1) is 21.1. The number of hydrogen-bond acceptors (Lipinski definition) is 5. The van der Waals surface area contributed by atoms with Crippen molar-refractivity contribution in [3.8, 4) is 5.69 Å². The molecule has 228 valence electrons.